The molecule has 3 aromatic heterocycles. The molecule has 0 aliphatic rings. The van der Waals surface area contributed by atoms with E-state index in [0.29, 0.717) is 34.1 Å². The number of methoxy groups -OCH3 is 1. The first-order valence-electron chi connectivity index (χ1n) is 11.1. The number of aryl methyl sites for hydroxylation is 3. The number of ether oxygens (including phenoxy) is 1. The van der Waals surface area contributed by atoms with E-state index in [-0.39, 0.29) is 6.04 Å². The Morgan fingerprint density at radius 1 is 1.18 bits per heavy atom. The van der Waals surface area contributed by atoms with E-state index < -0.39 is 5.76 Å². The van der Waals surface area contributed by atoms with Gasteiger partial charge in [0.25, 0.3) is 0 Å². The highest BCUT2D eigenvalue weighted by atomic mass is 35.5. The summed E-state index contributed by atoms with van der Waals surface area (Å²) in [6, 6.07) is 11.1. The monoisotopic (exact) mass is 477 g/mol. The number of hydrogen-bond donors (Lipinski definition) is 0. The Kier molecular flexibility index (Phi) is 5.44. The summed E-state index contributed by atoms with van der Waals surface area (Å²) >= 11 is 6.08. The minimum atomic E-state index is -0.435. The van der Waals surface area contributed by atoms with E-state index in [2.05, 4.69) is 5.16 Å². The molecule has 0 amide bonds. The summed E-state index contributed by atoms with van der Waals surface area (Å²) in [5.74, 6) is 0.896. The zero-order valence-electron chi connectivity index (χ0n) is 19.6. The van der Waals surface area contributed by atoms with E-state index >= 15 is 0 Å². The molecule has 0 aliphatic heterocycles. The molecule has 34 heavy (non-hydrogen) atoms. The molecule has 5 rings (SSSR count). The van der Waals surface area contributed by atoms with Crippen molar-refractivity contribution < 1.29 is 13.7 Å². The number of rotatable bonds is 5. The molecule has 1 atom stereocenters. The topological polar surface area (TPSA) is 83.3 Å². The Bertz CT molecular complexity index is 1580. The first-order chi connectivity index (χ1) is 16.3. The molecule has 0 saturated carbocycles. The molecule has 174 valence electrons. The van der Waals surface area contributed by atoms with Crippen LogP contribution in [0, 0.1) is 13.8 Å². The van der Waals surface area contributed by atoms with Crippen LogP contribution in [0.2, 0.25) is 5.02 Å². The highest BCUT2D eigenvalue weighted by molar-refractivity contribution is 6.30. The molecule has 0 radical (unpaired) electrons. The minimum Gasteiger partial charge on any atom is -0.496 e. The van der Waals surface area contributed by atoms with Crippen LogP contribution in [-0.4, -0.2) is 21.8 Å². The Morgan fingerprint density at radius 3 is 2.53 bits per heavy atom. The molecule has 0 aliphatic carbocycles. The number of nitrogens with zero attached hydrogens (tertiary/aromatic N) is 3. The Labute approximate surface area is 200 Å². The third kappa shape index (κ3) is 3.39. The van der Waals surface area contributed by atoms with Crippen LogP contribution in [0.25, 0.3) is 33.1 Å². The number of hydrogen-bond acceptors (Lipinski definition) is 6. The van der Waals surface area contributed by atoms with E-state index in [1.165, 1.54) is 0 Å². The van der Waals surface area contributed by atoms with Crippen LogP contribution in [-0.2, 0) is 6.42 Å². The molecule has 0 fully saturated rings. The SMILES string of the molecule is CCc1nc2cc(-c3c(C)noc3C)c(OC)cc2c2c1oc(=O)n2[C@H](C)c1ccc(Cl)cc1. The maximum Gasteiger partial charge on any atom is 0.420 e. The number of benzene rings is 2. The van der Waals surface area contributed by atoms with Crippen LogP contribution in [0.4, 0.5) is 0 Å². The number of pyridine rings is 1. The molecule has 7 nitrogen and oxygen atoms in total. The molecule has 0 unspecified atom stereocenters. The van der Waals surface area contributed by atoms with Gasteiger partial charge in [-0.2, -0.15) is 0 Å². The first-order valence-corrected chi connectivity index (χ1v) is 11.5. The minimum absolute atomic E-state index is 0.283. The van der Waals surface area contributed by atoms with E-state index in [1.807, 2.05) is 64.1 Å². The van der Waals surface area contributed by atoms with Gasteiger partial charge in [0.1, 0.15) is 17.0 Å². The van der Waals surface area contributed by atoms with Crippen molar-refractivity contribution in [3.05, 3.63) is 74.7 Å². The maximum absolute atomic E-state index is 13.1. The lowest BCUT2D eigenvalue weighted by atomic mass is 9.99. The molecule has 0 spiro atoms. The maximum atomic E-state index is 13.1. The summed E-state index contributed by atoms with van der Waals surface area (Å²) in [6.07, 6.45) is 0.613. The molecule has 3 heterocycles. The molecular weight excluding hydrogens is 454 g/mol. The summed E-state index contributed by atoms with van der Waals surface area (Å²) in [6.45, 7) is 7.72. The predicted molar refractivity (Wildman–Crippen MR) is 132 cm³/mol. The average molecular weight is 478 g/mol. The van der Waals surface area contributed by atoms with Gasteiger partial charge in [-0.05, 0) is 57.0 Å². The molecule has 0 N–H and O–H groups in total. The average Bonchev–Trinajstić information content (AvgIpc) is 3.35. The van der Waals surface area contributed by atoms with Gasteiger partial charge >= 0.3 is 5.76 Å². The van der Waals surface area contributed by atoms with Crippen molar-refractivity contribution in [1.82, 2.24) is 14.7 Å². The molecule has 8 heteroatoms. The van der Waals surface area contributed by atoms with Crippen molar-refractivity contribution in [3.8, 4) is 16.9 Å². The quantitative estimate of drug-likeness (QED) is 0.297. The highest BCUT2D eigenvalue weighted by Gasteiger charge is 2.24. The van der Waals surface area contributed by atoms with Gasteiger partial charge in [-0.25, -0.2) is 9.78 Å². The van der Waals surface area contributed by atoms with Gasteiger partial charge in [-0.3, -0.25) is 4.57 Å². The lowest BCUT2D eigenvalue weighted by Crippen LogP contribution is -2.19. The third-order valence-corrected chi connectivity index (χ3v) is 6.56. The van der Waals surface area contributed by atoms with Crippen molar-refractivity contribution in [2.24, 2.45) is 0 Å². The van der Waals surface area contributed by atoms with Crippen LogP contribution >= 0.6 is 11.6 Å². The molecular formula is C26H24ClN3O4. The molecule has 0 bridgehead atoms. The Hall–Kier alpha value is -3.58. The molecule has 0 saturated heterocycles. The number of oxazole rings is 1. The third-order valence-electron chi connectivity index (χ3n) is 6.31. The number of aromatic nitrogens is 3. The second kappa shape index (κ2) is 8.33. The smallest absolute Gasteiger partial charge is 0.420 e. The Morgan fingerprint density at radius 2 is 1.91 bits per heavy atom. The van der Waals surface area contributed by atoms with Gasteiger partial charge in [0.05, 0.1) is 35.6 Å². The van der Waals surface area contributed by atoms with Crippen LogP contribution in [0.3, 0.4) is 0 Å². The van der Waals surface area contributed by atoms with E-state index in [9.17, 15) is 4.79 Å². The fourth-order valence-corrected chi connectivity index (χ4v) is 4.72. The van der Waals surface area contributed by atoms with Crippen molar-refractivity contribution in [3.63, 3.8) is 0 Å². The van der Waals surface area contributed by atoms with Crippen molar-refractivity contribution in [2.45, 2.75) is 40.2 Å². The summed E-state index contributed by atoms with van der Waals surface area (Å²) in [7, 11) is 1.62. The normalized spacial score (nSPS) is 12.5. The van der Waals surface area contributed by atoms with Gasteiger partial charge in [-0.1, -0.05) is 35.8 Å². The summed E-state index contributed by atoms with van der Waals surface area (Å²) in [4.78, 5) is 18.0. The number of halogens is 1. The molecule has 2 aromatic carbocycles. The lowest BCUT2D eigenvalue weighted by Gasteiger charge is -2.16. The summed E-state index contributed by atoms with van der Waals surface area (Å²) in [5.41, 5.74) is 6.06. The fraction of sp³-hybridized carbons (Fsp3) is 0.269. The zero-order valence-corrected chi connectivity index (χ0v) is 20.4. The van der Waals surface area contributed by atoms with Gasteiger partial charge in [0.2, 0.25) is 0 Å². The first kappa shape index (κ1) is 22.2. The highest BCUT2D eigenvalue weighted by Crippen LogP contribution is 2.40. The largest absolute Gasteiger partial charge is 0.496 e. The Balaban J connectivity index is 1.86. The van der Waals surface area contributed by atoms with Gasteiger partial charge < -0.3 is 13.7 Å². The predicted octanol–water partition coefficient (Wildman–Crippen LogP) is 6.25. The van der Waals surface area contributed by atoms with Crippen molar-refractivity contribution in [2.75, 3.05) is 7.11 Å². The van der Waals surface area contributed by atoms with E-state index in [1.54, 1.807) is 11.7 Å². The van der Waals surface area contributed by atoms with Crippen LogP contribution in [0.15, 0.2) is 50.1 Å². The fourth-order valence-electron chi connectivity index (χ4n) is 4.59. The number of fused-ring (bicyclic) bond motifs is 3. The zero-order chi connectivity index (χ0) is 24.1. The summed E-state index contributed by atoms with van der Waals surface area (Å²) in [5, 5.41) is 5.50. The summed E-state index contributed by atoms with van der Waals surface area (Å²) < 4.78 is 18.6. The van der Waals surface area contributed by atoms with Crippen molar-refractivity contribution in [1.29, 1.82) is 0 Å². The van der Waals surface area contributed by atoms with Gasteiger partial charge in [-0.15, -0.1) is 0 Å². The van der Waals surface area contributed by atoms with Gasteiger partial charge in [0, 0.05) is 16.0 Å². The van der Waals surface area contributed by atoms with E-state index in [4.69, 9.17) is 30.3 Å². The van der Waals surface area contributed by atoms with Gasteiger partial charge in [0.15, 0.2) is 5.58 Å². The van der Waals surface area contributed by atoms with Crippen LogP contribution in [0.1, 0.15) is 42.6 Å². The van der Waals surface area contributed by atoms with Crippen LogP contribution < -0.4 is 10.5 Å². The van der Waals surface area contributed by atoms with Crippen molar-refractivity contribution >= 4 is 33.6 Å². The lowest BCUT2D eigenvalue weighted by molar-refractivity contribution is 0.393. The standard InChI is InChI=1S/C26H24ClN3O4/c1-6-20-25-24(30(26(31)33-25)14(3)16-7-9-17(27)10-8-16)18-12-22(32-5)19(11-21(18)28-20)23-13(2)29-34-15(23)4/h7-12,14H,6H2,1-5H3/t14-/m1/s1. The van der Waals surface area contributed by atoms with Crippen LogP contribution in [0.5, 0.6) is 5.75 Å². The second-order valence-electron chi connectivity index (χ2n) is 8.32. The molecule has 5 aromatic rings. The van der Waals surface area contributed by atoms with E-state index in [0.717, 1.165) is 39.0 Å². The second-order valence-corrected chi connectivity index (χ2v) is 8.76.